The van der Waals surface area contributed by atoms with Gasteiger partial charge in [-0.15, -0.1) is 0 Å². The van der Waals surface area contributed by atoms with Gasteiger partial charge in [0.05, 0.1) is 7.11 Å². The molecule has 0 aliphatic carbocycles. The molecule has 0 spiro atoms. The van der Waals surface area contributed by atoms with Crippen LogP contribution in [0.1, 0.15) is 12.5 Å². The fourth-order valence-electron chi connectivity index (χ4n) is 1.78. The summed E-state index contributed by atoms with van der Waals surface area (Å²) in [6.45, 7) is 1.44. The molecule has 5 nitrogen and oxygen atoms in total. The number of aromatic nitrogens is 1. The Morgan fingerprint density at radius 3 is 2.57 bits per heavy atom. The zero-order chi connectivity index (χ0) is 15.5. The number of carbonyl (C=O) groups excluding carboxylic acids is 1. The minimum Gasteiger partial charge on any atom is -0.497 e. The number of nitrogens with zero attached hydrogens (tertiary/aromatic N) is 1. The maximum Gasteiger partial charge on any atom is 0.260 e. The summed E-state index contributed by atoms with van der Waals surface area (Å²) in [6.07, 6.45) is 1.56. The molecule has 0 aliphatic heterocycles. The van der Waals surface area contributed by atoms with Gasteiger partial charge < -0.3 is 15.2 Å². The van der Waals surface area contributed by atoms with Crippen molar-refractivity contribution >= 4 is 27.5 Å². The van der Waals surface area contributed by atoms with E-state index in [-0.39, 0.29) is 0 Å². The normalized spacial score (nSPS) is 13.3. The highest BCUT2D eigenvalue weighted by molar-refractivity contribution is 9.10. The average molecular weight is 351 g/mol. The molecule has 1 amide bonds. The van der Waals surface area contributed by atoms with Crippen LogP contribution in [0.4, 0.5) is 5.69 Å². The summed E-state index contributed by atoms with van der Waals surface area (Å²) in [4.78, 5) is 16.2. The summed E-state index contributed by atoms with van der Waals surface area (Å²) >= 11 is 3.22. The summed E-state index contributed by atoms with van der Waals surface area (Å²) in [6, 6.07) is 10.00. The van der Waals surface area contributed by atoms with E-state index in [0.717, 1.165) is 0 Å². The fraction of sp³-hybridized carbons (Fsp3) is 0.200. The number of benzene rings is 1. The van der Waals surface area contributed by atoms with E-state index in [1.807, 2.05) is 0 Å². The smallest absolute Gasteiger partial charge is 0.260 e. The number of rotatable bonds is 4. The van der Waals surface area contributed by atoms with Crippen LogP contribution in [-0.4, -0.2) is 23.1 Å². The molecular formula is C15H15BrN2O3. The molecular weight excluding hydrogens is 336 g/mol. The number of aliphatic hydroxyl groups is 1. The van der Waals surface area contributed by atoms with Crippen LogP contribution in [0.2, 0.25) is 0 Å². The molecule has 0 bridgehead atoms. The van der Waals surface area contributed by atoms with Crippen molar-refractivity contribution in [2.75, 3.05) is 12.4 Å². The lowest BCUT2D eigenvalue weighted by Crippen LogP contribution is -2.37. The lowest BCUT2D eigenvalue weighted by Gasteiger charge is -2.23. The Labute approximate surface area is 131 Å². The second-order valence-electron chi connectivity index (χ2n) is 4.62. The Morgan fingerprint density at radius 1 is 1.33 bits per heavy atom. The summed E-state index contributed by atoms with van der Waals surface area (Å²) in [7, 11) is 1.56. The van der Waals surface area contributed by atoms with Crippen molar-refractivity contribution in [3.63, 3.8) is 0 Å². The quantitative estimate of drug-likeness (QED) is 0.831. The molecule has 1 atom stereocenters. The van der Waals surface area contributed by atoms with E-state index < -0.39 is 11.5 Å². The molecule has 110 valence electrons. The number of hydrogen-bond donors (Lipinski definition) is 2. The lowest BCUT2D eigenvalue weighted by atomic mass is 9.95. The largest absolute Gasteiger partial charge is 0.497 e. The highest BCUT2D eigenvalue weighted by Gasteiger charge is 2.32. The molecule has 21 heavy (non-hydrogen) atoms. The zero-order valence-corrected chi connectivity index (χ0v) is 13.2. The molecule has 0 aliphatic rings. The van der Waals surface area contributed by atoms with Crippen LogP contribution < -0.4 is 10.1 Å². The van der Waals surface area contributed by atoms with Crippen LogP contribution in [0.25, 0.3) is 0 Å². The molecule has 6 heteroatoms. The molecule has 2 aromatic rings. The molecule has 0 saturated heterocycles. The van der Waals surface area contributed by atoms with E-state index in [1.165, 1.54) is 6.92 Å². The van der Waals surface area contributed by atoms with Gasteiger partial charge in [0.15, 0.2) is 5.60 Å². The maximum absolute atomic E-state index is 12.3. The number of carbonyl (C=O) groups is 1. The first-order valence-corrected chi connectivity index (χ1v) is 7.02. The number of methoxy groups -OCH3 is 1. The maximum atomic E-state index is 12.3. The molecule has 1 heterocycles. The third-order valence-corrected chi connectivity index (χ3v) is 3.51. The number of anilines is 1. The van der Waals surface area contributed by atoms with Crippen LogP contribution in [0.5, 0.6) is 5.75 Å². The van der Waals surface area contributed by atoms with Crippen molar-refractivity contribution < 1.29 is 14.6 Å². The van der Waals surface area contributed by atoms with Crippen LogP contribution in [0.15, 0.2) is 47.2 Å². The minimum atomic E-state index is -1.65. The molecule has 0 radical (unpaired) electrons. The summed E-state index contributed by atoms with van der Waals surface area (Å²) < 4.78 is 5.66. The van der Waals surface area contributed by atoms with Gasteiger partial charge in [0.1, 0.15) is 10.4 Å². The van der Waals surface area contributed by atoms with E-state index in [9.17, 15) is 9.90 Å². The van der Waals surface area contributed by atoms with Crippen molar-refractivity contribution in [2.24, 2.45) is 0 Å². The van der Waals surface area contributed by atoms with E-state index in [0.29, 0.717) is 21.6 Å². The molecule has 2 N–H and O–H groups in total. The van der Waals surface area contributed by atoms with Crippen LogP contribution in [-0.2, 0) is 10.4 Å². The first kappa shape index (κ1) is 15.5. The Morgan fingerprint density at radius 2 is 2.00 bits per heavy atom. The van der Waals surface area contributed by atoms with Crippen LogP contribution >= 0.6 is 15.9 Å². The molecule has 0 saturated carbocycles. The number of halogens is 1. The first-order valence-electron chi connectivity index (χ1n) is 6.23. The second kappa shape index (κ2) is 6.24. The third-order valence-electron chi connectivity index (χ3n) is 3.08. The number of pyridine rings is 1. The standard InChI is InChI=1S/C15H15BrN2O3/c1-15(20,10-3-5-12(21-2)6-4-10)14(19)18-11-7-8-17-13(16)9-11/h3-9,20H,1-2H3,(H,17,18,19). The van der Waals surface area contributed by atoms with E-state index in [4.69, 9.17) is 4.74 Å². The van der Waals surface area contributed by atoms with Crippen molar-refractivity contribution in [2.45, 2.75) is 12.5 Å². The Balaban J connectivity index is 2.19. The molecule has 0 fully saturated rings. The summed E-state index contributed by atoms with van der Waals surface area (Å²) in [5.41, 5.74) is -0.619. The van der Waals surface area contributed by atoms with Crippen LogP contribution in [0.3, 0.4) is 0 Å². The van der Waals surface area contributed by atoms with Gasteiger partial charge in [0, 0.05) is 11.9 Å². The topological polar surface area (TPSA) is 71.5 Å². The van der Waals surface area contributed by atoms with Gasteiger partial charge in [-0.25, -0.2) is 4.98 Å². The zero-order valence-electron chi connectivity index (χ0n) is 11.6. The molecule has 2 rings (SSSR count). The molecule has 1 aromatic heterocycles. The Kier molecular flexibility index (Phi) is 4.59. The van der Waals surface area contributed by atoms with Gasteiger partial charge in [0.2, 0.25) is 0 Å². The third kappa shape index (κ3) is 3.59. The van der Waals surface area contributed by atoms with Crippen molar-refractivity contribution in [3.05, 3.63) is 52.8 Å². The molecule has 1 unspecified atom stereocenters. The van der Waals surface area contributed by atoms with Gasteiger partial charge in [-0.1, -0.05) is 12.1 Å². The van der Waals surface area contributed by atoms with Crippen LogP contribution in [0, 0.1) is 0 Å². The minimum absolute atomic E-state index is 0.480. The Bertz CT molecular complexity index is 642. The van der Waals surface area contributed by atoms with Gasteiger partial charge in [-0.05, 0) is 52.7 Å². The second-order valence-corrected chi connectivity index (χ2v) is 5.43. The summed E-state index contributed by atoms with van der Waals surface area (Å²) in [5, 5.41) is 13.1. The van der Waals surface area contributed by atoms with Crippen molar-refractivity contribution in [1.29, 1.82) is 0 Å². The van der Waals surface area contributed by atoms with E-state index in [1.54, 1.807) is 49.7 Å². The predicted molar refractivity (Wildman–Crippen MR) is 83.1 cm³/mol. The highest BCUT2D eigenvalue weighted by atomic mass is 79.9. The van der Waals surface area contributed by atoms with Gasteiger partial charge >= 0.3 is 0 Å². The first-order chi connectivity index (χ1) is 9.93. The van der Waals surface area contributed by atoms with Crippen molar-refractivity contribution in [3.8, 4) is 5.75 Å². The highest BCUT2D eigenvalue weighted by Crippen LogP contribution is 2.25. The average Bonchev–Trinajstić information content (AvgIpc) is 2.47. The van der Waals surface area contributed by atoms with E-state index >= 15 is 0 Å². The monoisotopic (exact) mass is 350 g/mol. The van der Waals surface area contributed by atoms with E-state index in [2.05, 4.69) is 26.2 Å². The molecule has 1 aromatic carbocycles. The fourth-order valence-corrected chi connectivity index (χ4v) is 2.14. The Hall–Kier alpha value is -1.92. The van der Waals surface area contributed by atoms with Gasteiger partial charge in [-0.3, -0.25) is 4.79 Å². The van der Waals surface area contributed by atoms with Gasteiger partial charge in [-0.2, -0.15) is 0 Å². The predicted octanol–water partition coefficient (Wildman–Crippen LogP) is 2.70. The number of hydrogen-bond acceptors (Lipinski definition) is 4. The lowest BCUT2D eigenvalue weighted by molar-refractivity contribution is -0.133. The number of nitrogens with one attached hydrogen (secondary N) is 1. The van der Waals surface area contributed by atoms with Gasteiger partial charge in [0.25, 0.3) is 5.91 Å². The number of ether oxygens (including phenoxy) is 1. The summed E-state index contributed by atoms with van der Waals surface area (Å²) in [5.74, 6) is 0.138. The number of amides is 1. The SMILES string of the molecule is COc1ccc(C(C)(O)C(=O)Nc2ccnc(Br)c2)cc1. The van der Waals surface area contributed by atoms with Crippen molar-refractivity contribution in [1.82, 2.24) is 4.98 Å².